The second-order valence-corrected chi connectivity index (χ2v) is 8.10. The maximum absolute atomic E-state index is 12.9. The topological polar surface area (TPSA) is 71.3 Å². The first-order valence-corrected chi connectivity index (χ1v) is 10.4. The second kappa shape index (κ2) is 8.33. The van der Waals surface area contributed by atoms with E-state index in [9.17, 15) is 4.79 Å². The van der Waals surface area contributed by atoms with Gasteiger partial charge < -0.3 is 9.84 Å². The van der Waals surface area contributed by atoms with Gasteiger partial charge in [0.1, 0.15) is 0 Å². The van der Waals surface area contributed by atoms with Crippen molar-refractivity contribution in [3.8, 4) is 0 Å². The average Bonchev–Trinajstić information content (AvgIpc) is 3.11. The van der Waals surface area contributed by atoms with E-state index in [1.165, 1.54) is 11.1 Å². The lowest BCUT2D eigenvalue weighted by atomic mass is 10.00. The fourth-order valence-electron chi connectivity index (χ4n) is 3.93. The van der Waals surface area contributed by atoms with Gasteiger partial charge in [-0.3, -0.25) is 9.69 Å². The molecule has 0 aliphatic carbocycles. The number of rotatable bonds is 6. The molecule has 0 bridgehead atoms. The Bertz CT molecular complexity index is 1020. The summed E-state index contributed by atoms with van der Waals surface area (Å²) in [7, 11) is 0. The molecule has 1 amide bonds. The lowest BCUT2D eigenvalue weighted by molar-refractivity contribution is 0.0952. The molecule has 0 radical (unpaired) electrons. The minimum absolute atomic E-state index is 0.0883. The molecule has 29 heavy (non-hydrogen) atoms. The van der Waals surface area contributed by atoms with Crippen LogP contribution in [0.4, 0.5) is 0 Å². The molecule has 0 saturated heterocycles. The highest BCUT2D eigenvalue weighted by molar-refractivity contribution is 6.06. The number of fused-ring (bicyclic) bond motifs is 2. The standard InChI is InChI=1S/C23H28N4O2/c1-15(2)20-13-19(21-16(3)26-29-23(21)25-20)22(28)24-10-6-11-27-12-9-17-7-4-5-8-18(17)14-27/h4-5,7-8,13,15H,6,9-12,14H2,1-3H3,(H,24,28). The molecule has 0 saturated carbocycles. The SMILES string of the molecule is Cc1noc2nc(C(C)C)cc(C(=O)NCCCN3CCc4ccccc4C3)c12. The molecule has 0 spiro atoms. The van der Waals surface area contributed by atoms with Crippen LogP contribution < -0.4 is 5.32 Å². The van der Waals surface area contributed by atoms with Crippen molar-refractivity contribution in [3.63, 3.8) is 0 Å². The summed E-state index contributed by atoms with van der Waals surface area (Å²) in [6.45, 7) is 9.63. The Morgan fingerprint density at radius 1 is 1.28 bits per heavy atom. The van der Waals surface area contributed by atoms with Crippen LogP contribution in [0.3, 0.4) is 0 Å². The normalized spacial score (nSPS) is 14.3. The molecule has 1 N–H and O–H groups in total. The smallest absolute Gasteiger partial charge is 0.259 e. The molecule has 152 valence electrons. The van der Waals surface area contributed by atoms with Crippen LogP contribution in [0.25, 0.3) is 11.1 Å². The number of hydrogen-bond donors (Lipinski definition) is 1. The van der Waals surface area contributed by atoms with E-state index < -0.39 is 0 Å². The number of nitrogens with zero attached hydrogens (tertiary/aromatic N) is 3. The Morgan fingerprint density at radius 2 is 2.07 bits per heavy atom. The van der Waals surface area contributed by atoms with E-state index in [2.05, 4.69) is 58.5 Å². The third kappa shape index (κ3) is 4.17. The fourth-order valence-corrected chi connectivity index (χ4v) is 3.93. The summed E-state index contributed by atoms with van der Waals surface area (Å²) in [6.07, 6.45) is 2.02. The summed E-state index contributed by atoms with van der Waals surface area (Å²) in [5.74, 6) is 0.118. The first kappa shape index (κ1) is 19.6. The van der Waals surface area contributed by atoms with Gasteiger partial charge in [0.2, 0.25) is 0 Å². The minimum Gasteiger partial charge on any atom is -0.352 e. The zero-order chi connectivity index (χ0) is 20.4. The second-order valence-electron chi connectivity index (χ2n) is 8.10. The van der Waals surface area contributed by atoms with Gasteiger partial charge in [0.15, 0.2) is 0 Å². The van der Waals surface area contributed by atoms with Gasteiger partial charge in [0, 0.05) is 31.9 Å². The van der Waals surface area contributed by atoms with E-state index in [-0.39, 0.29) is 11.8 Å². The molecule has 3 heterocycles. The van der Waals surface area contributed by atoms with Crippen LogP contribution in [0.5, 0.6) is 0 Å². The van der Waals surface area contributed by atoms with Crippen molar-refractivity contribution in [1.82, 2.24) is 20.4 Å². The summed E-state index contributed by atoms with van der Waals surface area (Å²) in [6, 6.07) is 10.5. The number of aryl methyl sites for hydroxylation is 1. The van der Waals surface area contributed by atoms with Crippen LogP contribution in [-0.2, 0) is 13.0 Å². The first-order chi connectivity index (χ1) is 14.0. The van der Waals surface area contributed by atoms with Crippen molar-refractivity contribution >= 4 is 17.0 Å². The van der Waals surface area contributed by atoms with Gasteiger partial charge in [0.05, 0.1) is 16.6 Å². The Labute approximate surface area is 171 Å². The van der Waals surface area contributed by atoms with Gasteiger partial charge in [-0.2, -0.15) is 0 Å². The maximum Gasteiger partial charge on any atom is 0.259 e. The van der Waals surface area contributed by atoms with Gasteiger partial charge in [-0.25, -0.2) is 4.98 Å². The van der Waals surface area contributed by atoms with E-state index in [1.54, 1.807) is 0 Å². The van der Waals surface area contributed by atoms with Gasteiger partial charge in [-0.1, -0.05) is 43.3 Å². The highest BCUT2D eigenvalue weighted by atomic mass is 16.5. The molecule has 6 heteroatoms. The Hall–Kier alpha value is -2.73. The third-order valence-corrected chi connectivity index (χ3v) is 5.62. The molecule has 0 unspecified atom stereocenters. The number of hydrogen-bond acceptors (Lipinski definition) is 5. The number of carbonyl (C=O) groups is 1. The van der Waals surface area contributed by atoms with Crippen molar-refractivity contribution < 1.29 is 9.32 Å². The lowest BCUT2D eigenvalue weighted by Crippen LogP contribution is -2.33. The molecule has 2 aromatic heterocycles. The van der Waals surface area contributed by atoms with Crippen LogP contribution in [-0.4, -0.2) is 40.6 Å². The number of amides is 1. The summed E-state index contributed by atoms with van der Waals surface area (Å²) < 4.78 is 5.32. The predicted octanol–water partition coefficient (Wildman–Crippen LogP) is 3.83. The van der Waals surface area contributed by atoms with Crippen LogP contribution >= 0.6 is 0 Å². The van der Waals surface area contributed by atoms with Crippen molar-refractivity contribution in [2.24, 2.45) is 0 Å². The highest BCUT2D eigenvalue weighted by Gasteiger charge is 2.20. The summed E-state index contributed by atoms with van der Waals surface area (Å²) in [4.78, 5) is 19.8. The van der Waals surface area contributed by atoms with Crippen LogP contribution in [0.1, 0.15) is 59.1 Å². The molecule has 4 rings (SSSR count). The van der Waals surface area contributed by atoms with E-state index in [0.717, 1.165) is 38.2 Å². The van der Waals surface area contributed by atoms with Gasteiger partial charge >= 0.3 is 0 Å². The fraction of sp³-hybridized carbons (Fsp3) is 0.435. The maximum atomic E-state index is 12.9. The monoisotopic (exact) mass is 392 g/mol. The van der Waals surface area contributed by atoms with E-state index >= 15 is 0 Å². The summed E-state index contributed by atoms with van der Waals surface area (Å²) in [5, 5.41) is 7.77. The Morgan fingerprint density at radius 3 is 2.86 bits per heavy atom. The molecule has 0 atom stereocenters. The minimum atomic E-state index is -0.0883. The van der Waals surface area contributed by atoms with Crippen molar-refractivity contribution in [3.05, 3.63) is 58.4 Å². The Balaban J connectivity index is 1.36. The molecule has 6 nitrogen and oxygen atoms in total. The highest BCUT2D eigenvalue weighted by Crippen LogP contribution is 2.25. The largest absolute Gasteiger partial charge is 0.352 e. The van der Waals surface area contributed by atoms with Gasteiger partial charge in [-0.05, 0) is 42.9 Å². The molecule has 0 fully saturated rings. The van der Waals surface area contributed by atoms with Gasteiger partial charge in [0.25, 0.3) is 11.6 Å². The molecule has 1 aromatic carbocycles. The number of nitrogens with one attached hydrogen (secondary N) is 1. The number of carbonyl (C=O) groups excluding carboxylic acids is 1. The van der Waals surface area contributed by atoms with Crippen LogP contribution in [0.15, 0.2) is 34.9 Å². The number of benzene rings is 1. The quantitative estimate of drug-likeness (QED) is 0.646. The van der Waals surface area contributed by atoms with E-state index in [0.29, 0.717) is 28.9 Å². The number of pyridine rings is 1. The van der Waals surface area contributed by atoms with Gasteiger partial charge in [-0.15, -0.1) is 0 Å². The van der Waals surface area contributed by atoms with Crippen molar-refractivity contribution in [1.29, 1.82) is 0 Å². The summed E-state index contributed by atoms with van der Waals surface area (Å²) in [5.41, 5.74) is 5.45. The van der Waals surface area contributed by atoms with Crippen LogP contribution in [0.2, 0.25) is 0 Å². The first-order valence-electron chi connectivity index (χ1n) is 10.4. The lowest BCUT2D eigenvalue weighted by Gasteiger charge is -2.28. The number of aromatic nitrogens is 2. The Kier molecular flexibility index (Phi) is 5.62. The zero-order valence-corrected chi connectivity index (χ0v) is 17.4. The average molecular weight is 393 g/mol. The molecular formula is C23H28N4O2. The summed E-state index contributed by atoms with van der Waals surface area (Å²) >= 11 is 0. The van der Waals surface area contributed by atoms with E-state index in [4.69, 9.17) is 4.52 Å². The molecule has 1 aliphatic rings. The van der Waals surface area contributed by atoms with Crippen molar-refractivity contribution in [2.45, 2.75) is 46.1 Å². The molecule has 1 aliphatic heterocycles. The molecule has 3 aromatic rings. The predicted molar refractivity (Wildman–Crippen MR) is 113 cm³/mol. The molecular weight excluding hydrogens is 364 g/mol. The van der Waals surface area contributed by atoms with Crippen LogP contribution in [0, 0.1) is 6.92 Å². The van der Waals surface area contributed by atoms with Crippen molar-refractivity contribution in [2.75, 3.05) is 19.6 Å². The third-order valence-electron chi connectivity index (χ3n) is 5.62. The zero-order valence-electron chi connectivity index (χ0n) is 17.4. The van der Waals surface area contributed by atoms with E-state index in [1.807, 2.05) is 13.0 Å².